The normalized spacial score (nSPS) is 22.9. The molecule has 3 atom stereocenters. The standard InChI is InChI=1S/C45H46FN5O6/c1-56-32-9-11-34-40(25-32)57-27-36(29-5-3-2-4-6-29)42(34)30-7-12-38(37(46)23-30)50-17-15-28(16-18-50)26-48-19-21-49(22-20-48)31-8-10-33-35(24-31)45(55)51(44(33)54)39-13-14-41(52)47-43(39)53/h2-12,23-25,28,36,39,42H,13-22,26-27H2,1H3,(H,47,52,53). The number of nitrogens with one attached hydrogen (secondary N) is 1. The Morgan fingerprint density at radius 3 is 2.28 bits per heavy atom. The van der Waals surface area contributed by atoms with Crippen molar-refractivity contribution in [1.29, 1.82) is 0 Å². The number of nitrogens with zero attached hydrogens (tertiary/aromatic N) is 4. The molecule has 0 bridgehead atoms. The van der Waals surface area contributed by atoms with E-state index in [0.717, 1.165) is 97.4 Å². The van der Waals surface area contributed by atoms with Crippen molar-refractivity contribution < 1.29 is 33.0 Å². The van der Waals surface area contributed by atoms with E-state index in [2.05, 4.69) is 38.2 Å². The van der Waals surface area contributed by atoms with E-state index in [0.29, 0.717) is 23.8 Å². The van der Waals surface area contributed by atoms with E-state index >= 15 is 4.39 Å². The predicted octanol–water partition coefficient (Wildman–Crippen LogP) is 5.58. The Morgan fingerprint density at radius 2 is 1.54 bits per heavy atom. The van der Waals surface area contributed by atoms with E-state index in [9.17, 15) is 19.2 Å². The molecule has 0 spiro atoms. The Bertz CT molecular complexity index is 2220. The topological polar surface area (TPSA) is 112 Å². The summed E-state index contributed by atoms with van der Waals surface area (Å²) >= 11 is 0. The van der Waals surface area contributed by atoms with Gasteiger partial charge in [0.05, 0.1) is 30.5 Å². The van der Waals surface area contributed by atoms with E-state index in [1.165, 1.54) is 0 Å². The van der Waals surface area contributed by atoms with Crippen LogP contribution in [0, 0.1) is 11.7 Å². The molecule has 3 fully saturated rings. The third-order valence-electron chi connectivity index (χ3n) is 12.6. The van der Waals surface area contributed by atoms with Gasteiger partial charge >= 0.3 is 0 Å². The average Bonchev–Trinajstić information content (AvgIpc) is 3.48. The minimum absolute atomic E-state index is 0.0380. The summed E-state index contributed by atoms with van der Waals surface area (Å²) in [6.07, 6.45) is 2.19. The fourth-order valence-electron chi connectivity index (χ4n) is 9.46. The first-order valence-corrected chi connectivity index (χ1v) is 20.0. The van der Waals surface area contributed by atoms with Crippen LogP contribution in [0.3, 0.4) is 0 Å². The number of ether oxygens (including phenoxy) is 2. The number of amides is 4. The average molecular weight is 772 g/mol. The first kappa shape index (κ1) is 36.9. The van der Waals surface area contributed by atoms with Gasteiger partial charge < -0.3 is 19.3 Å². The highest BCUT2D eigenvalue weighted by atomic mass is 19.1. The second kappa shape index (κ2) is 15.3. The van der Waals surface area contributed by atoms with Crippen LogP contribution >= 0.6 is 0 Å². The molecule has 0 aliphatic carbocycles. The molecule has 4 aromatic carbocycles. The maximum atomic E-state index is 16.1. The van der Waals surface area contributed by atoms with Crippen molar-refractivity contribution in [3.63, 3.8) is 0 Å². The lowest BCUT2D eigenvalue weighted by atomic mass is 9.76. The zero-order chi connectivity index (χ0) is 39.2. The summed E-state index contributed by atoms with van der Waals surface area (Å²) in [5.41, 5.74) is 5.24. The van der Waals surface area contributed by atoms with Crippen molar-refractivity contribution in [2.45, 2.75) is 43.6 Å². The highest BCUT2D eigenvalue weighted by molar-refractivity contribution is 6.23. The monoisotopic (exact) mass is 771 g/mol. The van der Waals surface area contributed by atoms with Gasteiger partial charge in [0.2, 0.25) is 11.8 Å². The van der Waals surface area contributed by atoms with E-state index < -0.39 is 29.7 Å². The molecule has 0 aromatic heterocycles. The number of carbonyl (C=O) groups is 4. The lowest BCUT2D eigenvalue weighted by molar-refractivity contribution is -0.136. The van der Waals surface area contributed by atoms with Crippen LogP contribution < -0.4 is 24.6 Å². The Kier molecular flexibility index (Phi) is 9.90. The molecular formula is C45H46FN5O6. The van der Waals surface area contributed by atoms with Crippen molar-refractivity contribution in [2.24, 2.45) is 5.92 Å². The smallest absolute Gasteiger partial charge is 0.262 e. The first-order valence-electron chi connectivity index (χ1n) is 20.0. The van der Waals surface area contributed by atoms with Gasteiger partial charge in [0.15, 0.2) is 0 Å². The molecule has 5 heterocycles. The minimum atomic E-state index is -0.978. The van der Waals surface area contributed by atoms with Crippen molar-refractivity contribution in [3.8, 4) is 11.5 Å². The number of methoxy groups -OCH3 is 1. The van der Waals surface area contributed by atoms with Crippen LogP contribution in [0.1, 0.15) is 74.9 Å². The Balaban J connectivity index is 0.805. The number of benzene rings is 4. The lowest BCUT2D eigenvalue weighted by Crippen LogP contribution is -2.54. The van der Waals surface area contributed by atoms with Crippen molar-refractivity contribution in [3.05, 3.63) is 119 Å². The SMILES string of the molecule is COc1ccc2c(c1)OCC(c1ccccc1)C2c1ccc(N2CCC(CN3CCN(c4ccc5c(c4)C(=O)N(C4CCC(=O)NC4=O)C5=O)CC3)CC2)c(F)c1. The van der Waals surface area contributed by atoms with Gasteiger partial charge in [0.25, 0.3) is 11.8 Å². The number of piperidine rings is 2. The quantitative estimate of drug-likeness (QED) is 0.230. The fourth-order valence-corrected chi connectivity index (χ4v) is 9.46. The van der Waals surface area contributed by atoms with Crippen LogP contribution in [0.5, 0.6) is 11.5 Å². The maximum absolute atomic E-state index is 16.1. The van der Waals surface area contributed by atoms with Crippen LogP contribution in [-0.2, 0) is 9.59 Å². The molecule has 9 rings (SSSR count). The van der Waals surface area contributed by atoms with Gasteiger partial charge in [-0.1, -0.05) is 42.5 Å². The van der Waals surface area contributed by atoms with E-state index in [-0.39, 0.29) is 36.1 Å². The Hall–Kier alpha value is -5.75. The maximum Gasteiger partial charge on any atom is 0.262 e. The molecule has 4 aromatic rings. The molecule has 5 aliphatic rings. The number of halogens is 1. The van der Waals surface area contributed by atoms with Gasteiger partial charge in [-0.15, -0.1) is 0 Å². The van der Waals surface area contributed by atoms with Gasteiger partial charge in [-0.3, -0.25) is 34.3 Å². The number of hydrogen-bond acceptors (Lipinski definition) is 9. The zero-order valence-electron chi connectivity index (χ0n) is 32.0. The van der Waals surface area contributed by atoms with E-state index in [1.807, 2.05) is 48.5 Å². The Labute approximate surface area is 331 Å². The van der Waals surface area contributed by atoms with Crippen LogP contribution in [0.15, 0.2) is 84.9 Å². The van der Waals surface area contributed by atoms with Crippen molar-refractivity contribution >= 4 is 35.0 Å². The van der Waals surface area contributed by atoms with Crippen LogP contribution in [-0.4, -0.2) is 99.0 Å². The molecule has 5 aliphatic heterocycles. The van der Waals surface area contributed by atoms with Gasteiger partial charge in [-0.25, -0.2) is 4.39 Å². The molecule has 0 radical (unpaired) electrons. The molecule has 1 N–H and O–H groups in total. The van der Waals surface area contributed by atoms with Crippen LogP contribution in [0.4, 0.5) is 15.8 Å². The third-order valence-corrected chi connectivity index (χ3v) is 12.6. The van der Waals surface area contributed by atoms with Crippen molar-refractivity contribution in [1.82, 2.24) is 15.1 Å². The van der Waals surface area contributed by atoms with E-state index in [1.54, 1.807) is 25.3 Å². The van der Waals surface area contributed by atoms with Gasteiger partial charge in [0, 0.05) is 81.4 Å². The summed E-state index contributed by atoms with van der Waals surface area (Å²) < 4.78 is 27.8. The summed E-state index contributed by atoms with van der Waals surface area (Å²) in [6.45, 7) is 6.37. The second-order valence-electron chi connectivity index (χ2n) is 15.8. The molecule has 0 saturated carbocycles. The molecule has 3 unspecified atom stereocenters. The first-order chi connectivity index (χ1) is 27.7. The van der Waals surface area contributed by atoms with Gasteiger partial charge in [0.1, 0.15) is 23.4 Å². The van der Waals surface area contributed by atoms with E-state index in [4.69, 9.17) is 9.47 Å². The lowest BCUT2D eigenvalue weighted by Gasteiger charge is -2.40. The summed E-state index contributed by atoms with van der Waals surface area (Å²) in [5, 5.41) is 2.24. The zero-order valence-corrected chi connectivity index (χ0v) is 32.0. The molecular weight excluding hydrogens is 726 g/mol. The molecule has 4 amide bonds. The highest BCUT2D eigenvalue weighted by Crippen LogP contribution is 2.47. The number of carbonyl (C=O) groups excluding carboxylic acids is 4. The molecule has 3 saturated heterocycles. The highest BCUT2D eigenvalue weighted by Gasteiger charge is 2.45. The molecule has 294 valence electrons. The number of fused-ring (bicyclic) bond motifs is 2. The van der Waals surface area contributed by atoms with Gasteiger partial charge in [-0.05, 0) is 72.7 Å². The Morgan fingerprint density at radius 1 is 0.772 bits per heavy atom. The molecule has 57 heavy (non-hydrogen) atoms. The number of imide groups is 2. The number of hydrogen-bond donors (Lipinski definition) is 1. The summed E-state index contributed by atoms with van der Waals surface area (Å²) in [6, 6.07) is 26.3. The van der Waals surface area contributed by atoms with Crippen molar-refractivity contribution in [2.75, 3.05) is 69.3 Å². The number of anilines is 2. The largest absolute Gasteiger partial charge is 0.497 e. The van der Waals surface area contributed by atoms with Crippen LogP contribution in [0.2, 0.25) is 0 Å². The fraction of sp³-hybridized carbons (Fsp3) is 0.378. The van der Waals surface area contributed by atoms with Crippen LogP contribution in [0.25, 0.3) is 0 Å². The summed E-state index contributed by atoms with van der Waals surface area (Å²) in [7, 11) is 1.64. The molecule has 12 heteroatoms. The minimum Gasteiger partial charge on any atom is -0.497 e. The second-order valence-corrected chi connectivity index (χ2v) is 15.8. The van der Waals surface area contributed by atoms with Gasteiger partial charge in [-0.2, -0.15) is 0 Å². The predicted molar refractivity (Wildman–Crippen MR) is 213 cm³/mol. The number of piperazine rings is 1. The summed E-state index contributed by atoms with van der Waals surface area (Å²) in [4.78, 5) is 58.5. The number of rotatable bonds is 8. The summed E-state index contributed by atoms with van der Waals surface area (Å²) in [5.74, 6) is -0.197. The third kappa shape index (κ3) is 7.00. The molecule has 11 nitrogen and oxygen atoms in total.